The van der Waals surface area contributed by atoms with Crippen molar-refractivity contribution >= 4 is 0 Å². The summed E-state index contributed by atoms with van der Waals surface area (Å²) in [6.45, 7) is 2.01. The van der Waals surface area contributed by atoms with E-state index in [-0.39, 0.29) is 0 Å². The van der Waals surface area contributed by atoms with E-state index in [1.54, 1.807) is 0 Å². The molecule has 0 aliphatic rings. The van der Waals surface area contributed by atoms with Gasteiger partial charge in [-0.3, -0.25) is 0 Å². The van der Waals surface area contributed by atoms with Crippen LogP contribution in [0.1, 0.15) is 5.76 Å². The van der Waals surface area contributed by atoms with Crippen molar-refractivity contribution in [1.29, 1.82) is 0 Å². The Morgan fingerprint density at radius 2 is 1.28 bits per heavy atom. The van der Waals surface area contributed by atoms with Crippen LogP contribution in [0.5, 0.6) is 0 Å². The first-order chi connectivity index (χ1) is 8.84. The van der Waals surface area contributed by atoms with E-state index in [0.29, 0.717) is 0 Å². The van der Waals surface area contributed by atoms with E-state index in [4.69, 9.17) is 4.42 Å². The zero-order valence-corrected chi connectivity index (χ0v) is 10.3. The molecule has 0 spiro atoms. The van der Waals surface area contributed by atoms with Crippen molar-refractivity contribution in [3.8, 4) is 22.5 Å². The van der Waals surface area contributed by atoms with E-state index in [2.05, 4.69) is 30.3 Å². The van der Waals surface area contributed by atoms with Gasteiger partial charge in [0.25, 0.3) is 0 Å². The van der Waals surface area contributed by atoms with Gasteiger partial charge in [0.05, 0.1) is 0 Å². The molecule has 3 aromatic rings. The van der Waals surface area contributed by atoms with E-state index in [1.807, 2.05) is 43.3 Å². The molecule has 0 aliphatic carbocycles. The van der Waals surface area contributed by atoms with Crippen molar-refractivity contribution in [3.05, 3.63) is 72.5 Å². The lowest BCUT2D eigenvalue weighted by Gasteiger charge is -1.96. The summed E-state index contributed by atoms with van der Waals surface area (Å²) in [5.41, 5.74) is 3.47. The highest BCUT2D eigenvalue weighted by atomic mass is 16.3. The second-order valence-corrected chi connectivity index (χ2v) is 4.31. The van der Waals surface area contributed by atoms with Gasteiger partial charge in [-0.2, -0.15) is 0 Å². The monoisotopic (exact) mass is 234 g/mol. The number of hydrogen-bond donors (Lipinski definition) is 0. The van der Waals surface area contributed by atoms with Crippen LogP contribution in [-0.4, -0.2) is 0 Å². The van der Waals surface area contributed by atoms with Crippen LogP contribution in [0.4, 0.5) is 0 Å². The van der Waals surface area contributed by atoms with E-state index < -0.39 is 0 Å². The standard InChI is InChI=1S/C17H14O/c1-13-16(14-8-4-2-5-9-14)12-17(18-13)15-10-6-3-7-11-15/h2-12H,1H3. The molecule has 3 rings (SSSR count). The first-order valence-corrected chi connectivity index (χ1v) is 6.06. The maximum absolute atomic E-state index is 5.86. The minimum absolute atomic E-state index is 0.923. The van der Waals surface area contributed by atoms with Crippen LogP contribution in [0.3, 0.4) is 0 Å². The van der Waals surface area contributed by atoms with E-state index in [0.717, 1.165) is 22.6 Å². The fourth-order valence-electron chi connectivity index (χ4n) is 2.13. The molecule has 0 radical (unpaired) electrons. The molecule has 0 bridgehead atoms. The van der Waals surface area contributed by atoms with Crippen molar-refractivity contribution in [2.45, 2.75) is 6.92 Å². The maximum atomic E-state index is 5.86. The summed E-state index contributed by atoms with van der Waals surface area (Å²) in [5, 5.41) is 0. The third kappa shape index (κ3) is 1.95. The Hall–Kier alpha value is -2.28. The van der Waals surface area contributed by atoms with E-state index in [1.165, 1.54) is 5.56 Å². The molecule has 0 aliphatic heterocycles. The van der Waals surface area contributed by atoms with Gasteiger partial charge in [0.1, 0.15) is 11.5 Å². The van der Waals surface area contributed by atoms with Gasteiger partial charge in [0.2, 0.25) is 0 Å². The first-order valence-electron chi connectivity index (χ1n) is 6.06. The van der Waals surface area contributed by atoms with Gasteiger partial charge in [0, 0.05) is 11.1 Å². The minimum Gasteiger partial charge on any atom is -0.461 e. The van der Waals surface area contributed by atoms with Crippen LogP contribution in [0, 0.1) is 6.92 Å². The number of furan rings is 1. The molecule has 88 valence electrons. The molecule has 0 amide bonds. The second kappa shape index (κ2) is 4.53. The van der Waals surface area contributed by atoms with Gasteiger partial charge < -0.3 is 4.42 Å². The summed E-state index contributed by atoms with van der Waals surface area (Å²) in [7, 11) is 0. The van der Waals surface area contributed by atoms with Gasteiger partial charge in [-0.1, -0.05) is 60.7 Å². The second-order valence-electron chi connectivity index (χ2n) is 4.31. The van der Waals surface area contributed by atoms with Crippen LogP contribution >= 0.6 is 0 Å². The lowest BCUT2D eigenvalue weighted by molar-refractivity contribution is 0.549. The van der Waals surface area contributed by atoms with Gasteiger partial charge in [-0.25, -0.2) is 0 Å². The quantitative estimate of drug-likeness (QED) is 0.613. The van der Waals surface area contributed by atoms with Crippen molar-refractivity contribution in [3.63, 3.8) is 0 Å². The zero-order chi connectivity index (χ0) is 12.4. The largest absolute Gasteiger partial charge is 0.461 e. The molecule has 0 atom stereocenters. The summed E-state index contributed by atoms with van der Waals surface area (Å²) >= 11 is 0. The highest BCUT2D eigenvalue weighted by Crippen LogP contribution is 2.31. The maximum Gasteiger partial charge on any atom is 0.134 e. The average Bonchev–Trinajstić information content (AvgIpc) is 2.83. The zero-order valence-electron chi connectivity index (χ0n) is 10.3. The van der Waals surface area contributed by atoms with Crippen molar-refractivity contribution in [1.82, 2.24) is 0 Å². The highest BCUT2D eigenvalue weighted by molar-refractivity contribution is 5.72. The third-order valence-electron chi connectivity index (χ3n) is 3.06. The summed E-state index contributed by atoms with van der Waals surface area (Å²) < 4.78 is 5.86. The Kier molecular flexibility index (Phi) is 2.73. The Labute approximate surface area is 107 Å². The summed E-state index contributed by atoms with van der Waals surface area (Å²) in [5.74, 6) is 1.88. The Bertz CT molecular complexity index is 636. The van der Waals surface area contributed by atoms with Crippen LogP contribution in [0.2, 0.25) is 0 Å². The molecule has 1 heterocycles. The molecule has 0 saturated carbocycles. The molecule has 0 saturated heterocycles. The van der Waals surface area contributed by atoms with Crippen LogP contribution in [0.25, 0.3) is 22.5 Å². The SMILES string of the molecule is Cc1oc(-c2ccccc2)cc1-c1ccccc1. The molecule has 1 heteroatoms. The molecule has 18 heavy (non-hydrogen) atoms. The molecule has 0 N–H and O–H groups in total. The lowest BCUT2D eigenvalue weighted by atomic mass is 10.1. The van der Waals surface area contributed by atoms with Crippen LogP contribution in [-0.2, 0) is 0 Å². The normalized spacial score (nSPS) is 10.5. The molecule has 1 aromatic heterocycles. The van der Waals surface area contributed by atoms with Gasteiger partial charge >= 0.3 is 0 Å². The lowest BCUT2D eigenvalue weighted by Crippen LogP contribution is -1.74. The number of benzene rings is 2. The topological polar surface area (TPSA) is 13.1 Å². The summed E-state index contributed by atoms with van der Waals surface area (Å²) in [6, 6.07) is 22.6. The molecule has 0 fully saturated rings. The summed E-state index contributed by atoms with van der Waals surface area (Å²) in [4.78, 5) is 0. The van der Waals surface area contributed by atoms with Crippen molar-refractivity contribution < 1.29 is 4.42 Å². The third-order valence-corrected chi connectivity index (χ3v) is 3.06. The molecular weight excluding hydrogens is 220 g/mol. The first kappa shape index (κ1) is 10.8. The highest BCUT2D eigenvalue weighted by Gasteiger charge is 2.10. The fourth-order valence-corrected chi connectivity index (χ4v) is 2.13. The van der Waals surface area contributed by atoms with Gasteiger partial charge in [-0.05, 0) is 18.6 Å². The fraction of sp³-hybridized carbons (Fsp3) is 0.0588. The van der Waals surface area contributed by atoms with E-state index in [9.17, 15) is 0 Å². The molecule has 0 unspecified atom stereocenters. The minimum atomic E-state index is 0.923. The smallest absolute Gasteiger partial charge is 0.134 e. The molecular formula is C17H14O. The van der Waals surface area contributed by atoms with Crippen molar-refractivity contribution in [2.75, 3.05) is 0 Å². The van der Waals surface area contributed by atoms with Crippen LogP contribution in [0.15, 0.2) is 71.1 Å². The number of aryl methyl sites for hydroxylation is 1. The van der Waals surface area contributed by atoms with E-state index >= 15 is 0 Å². The Balaban J connectivity index is 2.07. The predicted molar refractivity (Wildman–Crippen MR) is 74.3 cm³/mol. The number of rotatable bonds is 2. The molecule has 1 nitrogen and oxygen atoms in total. The average molecular weight is 234 g/mol. The number of hydrogen-bond acceptors (Lipinski definition) is 1. The molecule has 2 aromatic carbocycles. The Morgan fingerprint density at radius 1 is 0.722 bits per heavy atom. The predicted octanol–water partition coefficient (Wildman–Crippen LogP) is 4.92. The van der Waals surface area contributed by atoms with Crippen LogP contribution < -0.4 is 0 Å². The Morgan fingerprint density at radius 3 is 1.89 bits per heavy atom. The van der Waals surface area contributed by atoms with Gasteiger partial charge in [-0.15, -0.1) is 0 Å². The summed E-state index contributed by atoms with van der Waals surface area (Å²) in [6.07, 6.45) is 0. The van der Waals surface area contributed by atoms with Crippen molar-refractivity contribution in [2.24, 2.45) is 0 Å². The van der Waals surface area contributed by atoms with Gasteiger partial charge in [0.15, 0.2) is 0 Å².